The van der Waals surface area contributed by atoms with Gasteiger partial charge >= 0.3 is 0 Å². The van der Waals surface area contributed by atoms with Crippen LogP contribution in [-0.4, -0.2) is 34.3 Å². The number of nitrogens with one attached hydrogen (secondary N) is 1. The molecule has 2 atom stereocenters. The monoisotopic (exact) mass is 203 g/mol. The van der Waals surface area contributed by atoms with Gasteiger partial charge in [0, 0.05) is 17.8 Å². The van der Waals surface area contributed by atoms with Gasteiger partial charge in [-0.25, -0.2) is 0 Å². The lowest BCUT2D eigenvalue weighted by Gasteiger charge is -2.27. The molecule has 1 aliphatic rings. The van der Waals surface area contributed by atoms with Gasteiger partial charge in [0.25, 0.3) is 0 Å². The van der Waals surface area contributed by atoms with E-state index in [9.17, 15) is 5.11 Å². The molecule has 0 aromatic carbocycles. The maximum atomic E-state index is 9.69. The standard InChI is InChI=1S/C10H21NOS/c1-8(10(2,3)12)11-7-9-5-4-6-13-9/h8-9,11-12H,4-7H2,1-3H3. The molecule has 0 radical (unpaired) electrons. The fourth-order valence-corrected chi connectivity index (χ4v) is 2.58. The van der Waals surface area contributed by atoms with E-state index in [1.165, 1.54) is 18.6 Å². The van der Waals surface area contributed by atoms with Crippen LogP contribution in [0.4, 0.5) is 0 Å². The summed E-state index contributed by atoms with van der Waals surface area (Å²) < 4.78 is 0. The highest BCUT2D eigenvalue weighted by Crippen LogP contribution is 2.25. The summed E-state index contributed by atoms with van der Waals surface area (Å²) >= 11 is 2.05. The molecular formula is C10H21NOS. The highest BCUT2D eigenvalue weighted by atomic mass is 32.2. The van der Waals surface area contributed by atoms with Crippen molar-refractivity contribution in [3.05, 3.63) is 0 Å². The van der Waals surface area contributed by atoms with Crippen LogP contribution in [0.5, 0.6) is 0 Å². The zero-order valence-electron chi connectivity index (χ0n) is 8.84. The Hall–Kier alpha value is 0.270. The number of hydrogen-bond donors (Lipinski definition) is 2. The Kier molecular flexibility index (Phi) is 4.07. The van der Waals surface area contributed by atoms with Gasteiger partial charge in [0.1, 0.15) is 0 Å². The molecule has 1 rings (SSSR count). The van der Waals surface area contributed by atoms with Crippen molar-refractivity contribution >= 4 is 11.8 Å². The van der Waals surface area contributed by atoms with Crippen molar-refractivity contribution in [3.63, 3.8) is 0 Å². The molecule has 1 heterocycles. The maximum absolute atomic E-state index is 9.69. The molecule has 0 aliphatic carbocycles. The third-order valence-corrected chi connectivity index (χ3v) is 4.13. The van der Waals surface area contributed by atoms with Gasteiger partial charge in [-0.3, -0.25) is 0 Å². The minimum Gasteiger partial charge on any atom is -0.389 e. The fourth-order valence-electron chi connectivity index (χ4n) is 1.36. The molecule has 0 aromatic heterocycles. The summed E-state index contributed by atoms with van der Waals surface area (Å²) in [4.78, 5) is 0. The van der Waals surface area contributed by atoms with Crippen LogP contribution in [0.15, 0.2) is 0 Å². The highest BCUT2D eigenvalue weighted by Gasteiger charge is 2.23. The van der Waals surface area contributed by atoms with Crippen LogP contribution in [0.2, 0.25) is 0 Å². The molecule has 2 N–H and O–H groups in total. The molecule has 0 amide bonds. The van der Waals surface area contributed by atoms with Gasteiger partial charge in [0.05, 0.1) is 5.60 Å². The molecule has 13 heavy (non-hydrogen) atoms. The highest BCUT2D eigenvalue weighted by molar-refractivity contribution is 8.00. The molecule has 3 heteroatoms. The second-order valence-electron chi connectivity index (χ2n) is 4.42. The van der Waals surface area contributed by atoms with Gasteiger partial charge in [-0.05, 0) is 39.4 Å². The first-order valence-corrected chi connectivity index (χ1v) is 6.12. The van der Waals surface area contributed by atoms with Crippen LogP contribution < -0.4 is 5.32 Å². The predicted molar refractivity (Wildman–Crippen MR) is 59.2 cm³/mol. The van der Waals surface area contributed by atoms with Crippen molar-refractivity contribution < 1.29 is 5.11 Å². The topological polar surface area (TPSA) is 32.3 Å². The second kappa shape index (κ2) is 4.67. The average molecular weight is 203 g/mol. The Balaban J connectivity index is 2.17. The third kappa shape index (κ3) is 3.88. The van der Waals surface area contributed by atoms with E-state index in [2.05, 4.69) is 17.1 Å². The lowest BCUT2D eigenvalue weighted by molar-refractivity contribution is 0.0445. The van der Waals surface area contributed by atoms with Crippen molar-refractivity contribution in [2.75, 3.05) is 12.3 Å². The first-order valence-electron chi connectivity index (χ1n) is 5.07. The molecule has 78 valence electrons. The number of aliphatic hydroxyl groups is 1. The zero-order valence-corrected chi connectivity index (χ0v) is 9.66. The van der Waals surface area contributed by atoms with Gasteiger partial charge in [0.2, 0.25) is 0 Å². The lowest BCUT2D eigenvalue weighted by Crippen LogP contribution is -2.46. The van der Waals surface area contributed by atoms with Gasteiger partial charge in [-0.1, -0.05) is 0 Å². The zero-order chi connectivity index (χ0) is 9.90. The molecule has 0 spiro atoms. The molecular weight excluding hydrogens is 182 g/mol. The summed E-state index contributed by atoms with van der Waals surface area (Å²) in [6.07, 6.45) is 2.68. The van der Waals surface area contributed by atoms with Crippen LogP contribution >= 0.6 is 11.8 Å². The van der Waals surface area contributed by atoms with Gasteiger partial charge < -0.3 is 10.4 Å². The minimum absolute atomic E-state index is 0.175. The van der Waals surface area contributed by atoms with E-state index in [1.807, 2.05) is 20.8 Å². The summed E-state index contributed by atoms with van der Waals surface area (Å²) in [5.74, 6) is 1.31. The molecule has 0 aromatic rings. The summed E-state index contributed by atoms with van der Waals surface area (Å²) in [7, 11) is 0. The summed E-state index contributed by atoms with van der Waals surface area (Å²) in [6.45, 7) is 6.79. The van der Waals surface area contributed by atoms with Gasteiger partial charge in [-0.2, -0.15) is 11.8 Å². The van der Waals surface area contributed by atoms with E-state index in [1.54, 1.807) is 0 Å². The van der Waals surface area contributed by atoms with Crippen molar-refractivity contribution in [1.82, 2.24) is 5.32 Å². The molecule has 1 fully saturated rings. The van der Waals surface area contributed by atoms with Crippen molar-refractivity contribution in [1.29, 1.82) is 0 Å². The molecule has 1 aliphatic heterocycles. The Labute approximate surface area is 85.5 Å². The van der Waals surface area contributed by atoms with E-state index in [0.717, 1.165) is 11.8 Å². The van der Waals surface area contributed by atoms with Gasteiger partial charge in [-0.15, -0.1) is 0 Å². The van der Waals surface area contributed by atoms with Crippen LogP contribution in [0.25, 0.3) is 0 Å². The van der Waals surface area contributed by atoms with E-state index in [4.69, 9.17) is 0 Å². The minimum atomic E-state index is -0.608. The molecule has 0 bridgehead atoms. The fraction of sp³-hybridized carbons (Fsp3) is 1.00. The predicted octanol–water partition coefficient (Wildman–Crippen LogP) is 1.63. The molecule has 2 nitrogen and oxygen atoms in total. The lowest BCUT2D eigenvalue weighted by atomic mass is 10.0. The van der Waals surface area contributed by atoms with Crippen LogP contribution in [-0.2, 0) is 0 Å². The van der Waals surface area contributed by atoms with Crippen molar-refractivity contribution in [3.8, 4) is 0 Å². The third-order valence-electron chi connectivity index (χ3n) is 2.74. The number of hydrogen-bond acceptors (Lipinski definition) is 3. The van der Waals surface area contributed by atoms with Crippen LogP contribution in [0.1, 0.15) is 33.6 Å². The Bertz CT molecular complexity index is 149. The van der Waals surface area contributed by atoms with E-state index in [-0.39, 0.29) is 6.04 Å². The number of thioether (sulfide) groups is 1. The second-order valence-corrected chi connectivity index (χ2v) is 5.83. The Morgan fingerprint density at radius 3 is 2.77 bits per heavy atom. The summed E-state index contributed by atoms with van der Waals surface area (Å²) in [6, 6.07) is 0.175. The number of rotatable bonds is 4. The first-order chi connectivity index (χ1) is 6.00. The van der Waals surface area contributed by atoms with Crippen LogP contribution in [0.3, 0.4) is 0 Å². The Morgan fingerprint density at radius 1 is 1.62 bits per heavy atom. The van der Waals surface area contributed by atoms with Crippen molar-refractivity contribution in [2.24, 2.45) is 0 Å². The molecule has 2 unspecified atom stereocenters. The van der Waals surface area contributed by atoms with Gasteiger partial charge in [0.15, 0.2) is 0 Å². The first kappa shape index (κ1) is 11.3. The average Bonchev–Trinajstić information content (AvgIpc) is 2.50. The molecule has 0 saturated carbocycles. The smallest absolute Gasteiger partial charge is 0.0741 e. The van der Waals surface area contributed by atoms with Crippen molar-refractivity contribution in [2.45, 2.75) is 50.5 Å². The van der Waals surface area contributed by atoms with Crippen LogP contribution in [0, 0.1) is 0 Å². The normalized spacial score (nSPS) is 26.3. The van der Waals surface area contributed by atoms with E-state index >= 15 is 0 Å². The summed E-state index contributed by atoms with van der Waals surface area (Å²) in [5, 5.41) is 13.9. The van der Waals surface area contributed by atoms with E-state index < -0.39 is 5.60 Å². The SMILES string of the molecule is CC(NCC1CCCS1)C(C)(C)O. The Morgan fingerprint density at radius 2 is 2.31 bits per heavy atom. The quantitative estimate of drug-likeness (QED) is 0.728. The largest absolute Gasteiger partial charge is 0.389 e. The maximum Gasteiger partial charge on any atom is 0.0741 e. The summed E-state index contributed by atoms with van der Waals surface area (Å²) in [5.41, 5.74) is -0.608. The molecule has 1 saturated heterocycles. The van der Waals surface area contributed by atoms with E-state index in [0.29, 0.717) is 0 Å².